The molecule has 0 saturated carbocycles. The Morgan fingerprint density at radius 3 is 2.42 bits per heavy atom. The van der Waals surface area contributed by atoms with Gasteiger partial charge in [0.2, 0.25) is 0 Å². The third-order valence-electron chi connectivity index (χ3n) is 2.11. The number of halogens is 4. The molecule has 0 unspecified atom stereocenters. The Hall–Kier alpha value is -1.80. The fourth-order valence-electron chi connectivity index (χ4n) is 1.34. The monoisotopic (exact) mass is 308 g/mol. The standard InChI is InChI=1S/C9H4Cl2F2N4O2/c10-3-1-2-4(15-14-3)17-7(11)5(9(18)19)6(16-17)8(12)13/h1-2,8H,(H,18,19). The quantitative estimate of drug-likeness (QED) is 0.942. The molecule has 0 amide bonds. The second-order valence-corrected chi connectivity index (χ2v) is 4.03. The lowest BCUT2D eigenvalue weighted by Crippen LogP contribution is -2.02. The fraction of sp³-hybridized carbons (Fsp3) is 0.111. The Morgan fingerprint density at radius 2 is 2.00 bits per heavy atom. The van der Waals surface area contributed by atoms with Crippen molar-refractivity contribution in [2.45, 2.75) is 6.43 Å². The zero-order valence-corrected chi connectivity index (χ0v) is 10.4. The summed E-state index contributed by atoms with van der Waals surface area (Å²) >= 11 is 11.3. The molecule has 0 spiro atoms. The summed E-state index contributed by atoms with van der Waals surface area (Å²) in [5.74, 6) is -1.63. The number of aromatic nitrogens is 4. The van der Waals surface area contributed by atoms with Crippen molar-refractivity contribution in [1.29, 1.82) is 0 Å². The van der Waals surface area contributed by atoms with Crippen molar-refractivity contribution in [1.82, 2.24) is 20.0 Å². The molecule has 0 saturated heterocycles. The number of carboxylic acid groups (broad SMARTS) is 1. The molecule has 2 aromatic rings. The average Bonchev–Trinajstić information content (AvgIpc) is 2.68. The molecule has 2 heterocycles. The van der Waals surface area contributed by atoms with Crippen molar-refractivity contribution in [3.63, 3.8) is 0 Å². The molecule has 100 valence electrons. The van der Waals surface area contributed by atoms with E-state index >= 15 is 0 Å². The third kappa shape index (κ3) is 2.49. The van der Waals surface area contributed by atoms with E-state index in [0.29, 0.717) is 0 Å². The minimum atomic E-state index is -3.08. The van der Waals surface area contributed by atoms with Gasteiger partial charge in [0, 0.05) is 0 Å². The number of hydrogen-bond donors (Lipinski definition) is 1. The molecule has 1 N–H and O–H groups in total. The van der Waals surface area contributed by atoms with Crippen LogP contribution in [0.25, 0.3) is 5.82 Å². The Morgan fingerprint density at radius 1 is 1.32 bits per heavy atom. The molecule has 2 rings (SSSR count). The van der Waals surface area contributed by atoms with Gasteiger partial charge >= 0.3 is 5.97 Å². The first-order valence-corrected chi connectivity index (χ1v) is 5.47. The highest BCUT2D eigenvalue weighted by Gasteiger charge is 2.28. The van der Waals surface area contributed by atoms with E-state index in [2.05, 4.69) is 15.3 Å². The highest BCUT2D eigenvalue weighted by molar-refractivity contribution is 6.33. The van der Waals surface area contributed by atoms with Crippen LogP contribution in [0.1, 0.15) is 22.5 Å². The van der Waals surface area contributed by atoms with Crippen molar-refractivity contribution < 1.29 is 18.7 Å². The van der Waals surface area contributed by atoms with Crippen LogP contribution in [-0.2, 0) is 0 Å². The van der Waals surface area contributed by atoms with Crippen LogP contribution in [-0.4, -0.2) is 31.1 Å². The van der Waals surface area contributed by atoms with Crippen LogP contribution in [0.15, 0.2) is 12.1 Å². The predicted molar refractivity (Wildman–Crippen MR) is 61.1 cm³/mol. The maximum Gasteiger partial charge on any atom is 0.341 e. The first-order valence-electron chi connectivity index (χ1n) is 4.71. The maximum atomic E-state index is 12.7. The molecular weight excluding hydrogens is 305 g/mol. The summed E-state index contributed by atoms with van der Waals surface area (Å²) in [6.45, 7) is 0. The number of nitrogens with zero attached hydrogens (tertiary/aromatic N) is 4. The van der Waals surface area contributed by atoms with Gasteiger partial charge in [-0.2, -0.15) is 5.10 Å². The number of rotatable bonds is 3. The summed E-state index contributed by atoms with van der Waals surface area (Å²) in [5.41, 5.74) is -1.71. The first kappa shape index (κ1) is 13.6. The zero-order chi connectivity index (χ0) is 14.2. The molecule has 0 bridgehead atoms. The molecule has 0 aliphatic carbocycles. The van der Waals surface area contributed by atoms with Crippen LogP contribution in [0, 0.1) is 0 Å². The summed E-state index contributed by atoms with van der Waals surface area (Å²) in [6.07, 6.45) is -3.08. The Kier molecular flexibility index (Phi) is 3.63. The largest absolute Gasteiger partial charge is 0.478 e. The van der Waals surface area contributed by atoms with Gasteiger partial charge in [0.15, 0.2) is 11.0 Å². The molecule has 0 aromatic carbocycles. The van der Waals surface area contributed by atoms with Crippen LogP contribution < -0.4 is 0 Å². The van der Waals surface area contributed by atoms with Gasteiger partial charge in [-0.25, -0.2) is 18.3 Å². The molecule has 2 aromatic heterocycles. The van der Waals surface area contributed by atoms with Crippen molar-refractivity contribution >= 4 is 29.2 Å². The van der Waals surface area contributed by atoms with Gasteiger partial charge in [-0.1, -0.05) is 23.2 Å². The van der Waals surface area contributed by atoms with Crippen LogP contribution in [0.4, 0.5) is 8.78 Å². The molecule has 6 nitrogen and oxygen atoms in total. The number of alkyl halides is 2. The van der Waals surface area contributed by atoms with Gasteiger partial charge in [0.05, 0.1) is 0 Å². The normalized spacial score (nSPS) is 11.0. The molecule has 0 atom stereocenters. The Bertz CT molecular complexity index is 630. The van der Waals surface area contributed by atoms with E-state index in [9.17, 15) is 13.6 Å². The molecular formula is C9H4Cl2F2N4O2. The van der Waals surface area contributed by atoms with Crippen molar-refractivity contribution in [3.05, 3.63) is 33.7 Å². The number of hydrogen-bond acceptors (Lipinski definition) is 4. The Balaban J connectivity index is 2.62. The van der Waals surface area contributed by atoms with Gasteiger partial charge in [-0.05, 0) is 12.1 Å². The third-order valence-corrected chi connectivity index (χ3v) is 2.66. The van der Waals surface area contributed by atoms with Crippen LogP contribution in [0.3, 0.4) is 0 Å². The molecule has 0 fully saturated rings. The van der Waals surface area contributed by atoms with E-state index in [0.717, 1.165) is 4.68 Å². The maximum absolute atomic E-state index is 12.7. The number of aromatic carboxylic acids is 1. The van der Waals surface area contributed by atoms with Gasteiger partial charge in [0.25, 0.3) is 6.43 Å². The molecule has 10 heteroatoms. The van der Waals surface area contributed by atoms with Crippen molar-refractivity contribution in [2.75, 3.05) is 0 Å². The fourth-order valence-corrected chi connectivity index (χ4v) is 1.74. The molecule has 0 aliphatic rings. The SMILES string of the molecule is O=C(O)c1c(C(F)F)nn(-c2ccc(Cl)nn2)c1Cl. The second-order valence-electron chi connectivity index (χ2n) is 3.28. The van der Waals surface area contributed by atoms with Gasteiger partial charge in [-0.3, -0.25) is 0 Å². The number of carbonyl (C=O) groups is 1. The van der Waals surface area contributed by atoms with Crippen LogP contribution in [0.5, 0.6) is 0 Å². The van der Waals surface area contributed by atoms with Gasteiger partial charge in [-0.15, -0.1) is 10.2 Å². The predicted octanol–water partition coefficient (Wildman–Crippen LogP) is 2.60. The summed E-state index contributed by atoms with van der Waals surface area (Å²) < 4.78 is 26.2. The summed E-state index contributed by atoms with van der Waals surface area (Å²) in [6, 6.07) is 2.65. The van der Waals surface area contributed by atoms with E-state index < -0.39 is 28.8 Å². The highest BCUT2D eigenvalue weighted by atomic mass is 35.5. The first-order chi connectivity index (χ1) is 8.91. The average molecular weight is 309 g/mol. The second kappa shape index (κ2) is 5.06. The van der Waals surface area contributed by atoms with E-state index in [-0.39, 0.29) is 11.0 Å². The lowest BCUT2D eigenvalue weighted by molar-refractivity contribution is 0.0684. The summed E-state index contributed by atoms with van der Waals surface area (Å²) in [4.78, 5) is 10.9. The number of carboxylic acids is 1. The van der Waals surface area contributed by atoms with E-state index in [1.54, 1.807) is 0 Å². The minimum absolute atomic E-state index is 0.0243. The lowest BCUT2D eigenvalue weighted by Gasteiger charge is -2.00. The zero-order valence-electron chi connectivity index (χ0n) is 8.89. The van der Waals surface area contributed by atoms with E-state index in [1.807, 2.05) is 0 Å². The van der Waals surface area contributed by atoms with Gasteiger partial charge < -0.3 is 5.11 Å². The van der Waals surface area contributed by atoms with Crippen molar-refractivity contribution in [2.24, 2.45) is 0 Å². The summed E-state index contributed by atoms with van der Waals surface area (Å²) in [7, 11) is 0. The van der Waals surface area contributed by atoms with Crippen LogP contribution in [0.2, 0.25) is 10.3 Å². The smallest absolute Gasteiger partial charge is 0.341 e. The highest BCUT2D eigenvalue weighted by Crippen LogP contribution is 2.29. The molecule has 0 radical (unpaired) electrons. The Labute approximate surface area is 114 Å². The molecule has 0 aliphatic heterocycles. The summed E-state index contributed by atoms with van der Waals surface area (Å²) in [5, 5.41) is 19.0. The van der Waals surface area contributed by atoms with Crippen LogP contribution >= 0.6 is 23.2 Å². The van der Waals surface area contributed by atoms with E-state index in [4.69, 9.17) is 28.3 Å². The van der Waals surface area contributed by atoms with Crippen molar-refractivity contribution in [3.8, 4) is 5.82 Å². The minimum Gasteiger partial charge on any atom is -0.478 e. The van der Waals surface area contributed by atoms with E-state index in [1.165, 1.54) is 12.1 Å². The van der Waals surface area contributed by atoms with Gasteiger partial charge in [0.1, 0.15) is 16.4 Å². The molecule has 19 heavy (non-hydrogen) atoms. The lowest BCUT2D eigenvalue weighted by atomic mass is 10.2. The topological polar surface area (TPSA) is 80.9 Å².